The Morgan fingerprint density at radius 3 is 2.92 bits per heavy atom. The predicted octanol–water partition coefficient (Wildman–Crippen LogP) is 1.57. The third-order valence-corrected chi connectivity index (χ3v) is 4.75. The number of hydrogen-bond acceptors (Lipinski definition) is 6. The summed E-state index contributed by atoms with van der Waals surface area (Å²) in [7, 11) is 1.63. The lowest BCUT2D eigenvalue weighted by molar-refractivity contribution is -0.0499. The van der Waals surface area contributed by atoms with E-state index in [1.54, 1.807) is 19.4 Å². The van der Waals surface area contributed by atoms with Crippen molar-refractivity contribution >= 4 is 5.95 Å². The normalized spacial score (nSPS) is 24.0. The van der Waals surface area contributed by atoms with Gasteiger partial charge in [0.05, 0.1) is 25.9 Å². The van der Waals surface area contributed by atoms with Gasteiger partial charge in [-0.15, -0.1) is 0 Å². The molecule has 126 valence electrons. The number of nitrogens with zero attached hydrogens (tertiary/aromatic N) is 4. The SMILES string of the molecule is COc1ccnc(N2CC3OCCN(Cc4ccccc4)C3C2)n1. The zero-order chi connectivity index (χ0) is 16.4. The zero-order valence-corrected chi connectivity index (χ0v) is 13.8. The van der Waals surface area contributed by atoms with Crippen LogP contribution in [-0.2, 0) is 11.3 Å². The molecule has 0 radical (unpaired) electrons. The lowest BCUT2D eigenvalue weighted by atomic mass is 10.1. The van der Waals surface area contributed by atoms with Gasteiger partial charge in [-0.05, 0) is 5.56 Å². The van der Waals surface area contributed by atoms with Crippen molar-refractivity contribution in [3.8, 4) is 5.88 Å². The molecule has 1 aromatic carbocycles. The molecule has 0 saturated carbocycles. The molecule has 4 rings (SSSR count). The smallest absolute Gasteiger partial charge is 0.228 e. The van der Waals surface area contributed by atoms with E-state index in [0.717, 1.165) is 32.8 Å². The number of fused-ring (bicyclic) bond motifs is 1. The summed E-state index contributed by atoms with van der Waals surface area (Å²) in [5.41, 5.74) is 1.34. The van der Waals surface area contributed by atoms with E-state index >= 15 is 0 Å². The molecule has 24 heavy (non-hydrogen) atoms. The fraction of sp³-hybridized carbons (Fsp3) is 0.444. The number of benzene rings is 1. The van der Waals surface area contributed by atoms with Crippen LogP contribution in [0.1, 0.15) is 5.56 Å². The average Bonchev–Trinajstić information content (AvgIpc) is 3.08. The number of anilines is 1. The molecule has 6 nitrogen and oxygen atoms in total. The van der Waals surface area contributed by atoms with Gasteiger partial charge in [-0.2, -0.15) is 4.98 Å². The zero-order valence-electron chi connectivity index (χ0n) is 13.8. The predicted molar refractivity (Wildman–Crippen MR) is 91.2 cm³/mol. The van der Waals surface area contributed by atoms with Crippen LogP contribution in [0, 0.1) is 0 Å². The van der Waals surface area contributed by atoms with E-state index in [0.29, 0.717) is 17.9 Å². The molecule has 0 aliphatic carbocycles. The van der Waals surface area contributed by atoms with Gasteiger partial charge in [0.2, 0.25) is 11.8 Å². The van der Waals surface area contributed by atoms with Gasteiger partial charge >= 0.3 is 0 Å². The fourth-order valence-corrected chi connectivity index (χ4v) is 3.53. The van der Waals surface area contributed by atoms with E-state index < -0.39 is 0 Å². The summed E-state index contributed by atoms with van der Waals surface area (Å²) < 4.78 is 11.2. The molecule has 2 unspecified atom stereocenters. The van der Waals surface area contributed by atoms with Crippen molar-refractivity contribution in [3.63, 3.8) is 0 Å². The molecule has 0 N–H and O–H groups in total. The van der Waals surface area contributed by atoms with Crippen molar-refractivity contribution < 1.29 is 9.47 Å². The van der Waals surface area contributed by atoms with E-state index in [4.69, 9.17) is 9.47 Å². The van der Waals surface area contributed by atoms with E-state index in [-0.39, 0.29) is 6.10 Å². The summed E-state index contributed by atoms with van der Waals surface area (Å²) in [6, 6.07) is 12.8. The van der Waals surface area contributed by atoms with Gasteiger partial charge < -0.3 is 14.4 Å². The van der Waals surface area contributed by atoms with Crippen LogP contribution < -0.4 is 9.64 Å². The molecule has 0 bridgehead atoms. The first-order chi connectivity index (χ1) is 11.8. The van der Waals surface area contributed by atoms with Crippen LogP contribution in [0.15, 0.2) is 42.6 Å². The summed E-state index contributed by atoms with van der Waals surface area (Å²) in [6.07, 6.45) is 1.95. The molecule has 2 aromatic rings. The molecule has 2 aliphatic heterocycles. The number of rotatable bonds is 4. The number of hydrogen-bond donors (Lipinski definition) is 0. The largest absolute Gasteiger partial charge is 0.481 e. The average molecular weight is 326 g/mol. The maximum absolute atomic E-state index is 6.01. The maximum atomic E-state index is 6.01. The molecule has 0 amide bonds. The molecule has 2 fully saturated rings. The van der Waals surface area contributed by atoms with Crippen LogP contribution in [-0.4, -0.2) is 60.4 Å². The number of aromatic nitrogens is 2. The molecule has 2 aliphatic rings. The quantitative estimate of drug-likeness (QED) is 0.850. The Hall–Kier alpha value is -2.18. The van der Waals surface area contributed by atoms with Gasteiger partial charge in [0.25, 0.3) is 0 Å². The Labute approximate surface area is 142 Å². The van der Waals surface area contributed by atoms with Crippen LogP contribution in [0.4, 0.5) is 5.95 Å². The monoisotopic (exact) mass is 326 g/mol. The van der Waals surface area contributed by atoms with Crippen molar-refractivity contribution in [2.24, 2.45) is 0 Å². The van der Waals surface area contributed by atoms with Gasteiger partial charge in [-0.1, -0.05) is 30.3 Å². The Balaban J connectivity index is 1.49. The second-order valence-corrected chi connectivity index (χ2v) is 6.24. The molecule has 2 saturated heterocycles. The van der Waals surface area contributed by atoms with Crippen molar-refractivity contribution in [1.82, 2.24) is 14.9 Å². The standard InChI is InChI=1S/C18H22N4O2/c1-23-17-7-8-19-18(20-17)22-12-15-16(13-22)24-10-9-21(15)11-14-5-3-2-4-6-14/h2-8,15-16H,9-13H2,1H3. The van der Waals surface area contributed by atoms with E-state index in [1.807, 2.05) is 0 Å². The van der Waals surface area contributed by atoms with Crippen molar-refractivity contribution in [3.05, 3.63) is 48.2 Å². The van der Waals surface area contributed by atoms with Crippen LogP contribution in [0.5, 0.6) is 5.88 Å². The highest BCUT2D eigenvalue weighted by molar-refractivity contribution is 5.35. The minimum absolute atomic E-state index is 0.206. The number of ether oxygens (including phenoxy) is 2. The first kappa shape index (κ1) is 15.4. The third kappa shape index (κ3) is 3.07. The van der Waals surface area contributed by atoms with E-state index in [2.05, 4.69) is 50.1 Å². The Morgan fingerprint density at radius 2 is 2.08 bits per heavy atom. The minimum Gasteiger partial charge on any atom is -0.481 e. The lowest BCUT2D eigenvalue weighted by Crippen LogP contribution is -2.50. The number of methoxy groups -OCH3 is 1. The van der Waals surface area contributed by atoms with Crippen LogP contribution in [0.3, 0.4) is 0 Å². The molecule has 0 spiro atoms. The fourth-order valence-electron chi connectivity index (χ4n) is 3.53. The first-order valence-electron chi connectivity index (χ1n) is 8.35. The highest BCUT2D eigenvalue weighted by atomic mass is 16.5. The summed E-state index contributed by atoms with van der Waals surface area (Å²) in [4.78, 5) is 13.6. The van der Waals surface area contributed by atoms with Crippen LogP contribution in [0.2, 0.25) is 0 Å². The lowest BCUT2D eigenvalue weighted by Gasteiger charge is -2.36. The molecular formula is C18H22N4O2. The van der Waals surface area contributed by atoms with Gasteiger partial charge in [0.15, 0.2) is 0 Å². The number of morpholine rings is 1. The van der Waals surface area contributed by atoms with Gasteiger partial charge in [-0.25, -0.2) is 4.98 Å². The van der Waals surface area contributed by atoms with Gasteiger partial charge in [-0.3, -0.25) is 4.90 Å². The molecule has 1 aromatic heterocycles. The van der Waals surface area contributed by atoms with Crippen molar-refractivity contribution in [1.29, 1.82) is 0 Å². The topological polar surface area (TPSA) is 50.7 Å². The van der Waals surface area contributed by atoms with Gasteiger partial charge in [0.1, 0.15) is 0 Å². The Bertz CT molecular complexity index is 682. The highest BCUT2D eigenvalue weighted by Crippen LogP contribution is 2.27. The molecule has 6 heteroatoms. The van der Waals surface area contributed by atoms with Crippen LogP contribution >= 0.6 is 0 Å². The molecule has 3 heterocycles. The van der Waals surface area contributed by atoms with Crippen LogP contribution in [0.25, 0.3) is 0 Å². The maximum Gasteiger partial charge on any atom is 0.228 e. The van der Waals surface area contributed by atoms with Crippen molar-refractivity contribution in [2.45, 2.75) is 18.7 Å². The summed E-state index contributed by atoms with van der Waals surface area (Å²) in [5.74, 6) is 1.31. The minimum atomic E-state index is 0.206. The van der Waals surface area contributed by atoms with Gasteiger partial charge in [0, 0.05) is 38.4 Å². The Morgan fingerprint density at radius 1 is 1.21 bits per heavy atom. The third-order valence-electron chi connectivity index (χ3n) is 4.75. The second-order valence-electron chi connectivity index (χ2n) is 6.24. The summed E-state index contributed by atoms with van der Waals surface area (Å²) in [5, 5.41) is 0. The first-order valence-corrected chi connectivity index (χ1v) is 8.35. The molecular weight excluding hydrogens is 304 g/mol. The van der Waals surface area contributed by atoms with E-state index in [1.165, 1.54) is 5.56 Å². The summed E-state index contributed by atoms with van der Waals surface area (Å²) in [6.45, 7) is 4.40. The van der Waals surface area contributed by atoms with Crippen molar-refractivity contribution in [2.75, 3.05) is 38.3 Å². The Kier molecular flexibility index (Phi) is 4.32. The second kappa shape index (κ2) is 6.75. The van der Waals surface area contributed by atoms with E-state index in [9.17, 15) is 0 Å². The summed E-state index contributed by atoms with van der Waals surface area (Å²) >= 11 is 0. The highest BCUT2D eigenvalue weighted by Gasteiger charge is 2.40. The molecule has 2 atom stereocenters.